The van der Waals surface area contributed by atoms with Gasteiger partial charge in [-0.05, 0) is 26.2 Å². The van der Waals surface area contributed by atoms with Crippen LogP contribution in [0, 0.1) is 0 Å². The van der Waals surface area contributed by atoms with Gasteiger partial charge in [-0.2, -0.15) is 0 Å². The van der Waals surface area contributed by atoms with Crippen LogP contribution in [0.3, 0.4) is 0 Å². The molecule has 0 radical (unpaired) electrons. The highest BCUT2D eigenvalue weighted by atomic mass is 35.5. The van der Waals surface area contributed by atoms with Gasteiger partial charge in [-0.1, -0.05) is 36.5 Å². The summed E-state index contributed by atoms with van der Waals surface area (Å²) < 4.78 is 5.69. The van der Waals surface area contributed by atoms with Crippen molar-refractivity contribution in [3.8, 4) is 0 Å². The van der Waals surface area contributed by atoms with Crippen molar-refractivity contribution in [3.05, 3.63) is 21.7 Å². The first-order chi connectivity index (χ1) is 8.07. The first kappa shape index (κ1) is 13.1. The molecule has 0 amide bonds. The van der Waals surface area contributed by atoms with Gasteiger partial charge >= 0.3 is 0 Å². The minimum Gasteiger partial charge on any atom is -0.367 e. The van der Waals surface area contributed by atoms with E-state index in [1.807, 2.05) is 6.92 Å². The lowest BCUT2D eigenvalue weighted by molar-refractivity contribution is 0.00931. The van der Waals surface area contributed by atoms with Crippen molar-refractivity contribution in [1.82, 2.24) is 9.97 Å². The number of rotatable bonds is 3. The van der Waals surface area contributed by atoms with Crippen molar-refractivity contribution in [2.45, 2.75) is 45.1 Å². The van der Waals surface area contributed by atoms with Crippen LogP contribution in [0.1, 0.15) is 44.5 Å². The molecule has 1 aliphatic rings. The summed E-state index contributed by atoms with van der Waals surface area (Å²) in [6.45, 7) is 4.80. The van der Waals surface area contributed by atoms with Crippen molar-refractivity contribution in [2.75, 3.05) is 6.61 Å². The summed E-state index contributed by atoms with van der Waals surface area (Å²) in [5.74, 6) is 0.602. The van der Waals surface area contributed by atoms with E-state index in [2.05, 4.69) is 16.9 Å². The number of hydrogen-bond acceptors (Lipinski definition) is 3. The standard InChI is InChI=1S/C12H16Cl2N2O/c1-3-5-8-9(13)15-11(16-10(8)14)12(2)6-4-7-17-12/h3-7H2,1-2H3. The normalized spacial score (nSPS) is 24.2. The third kappa shape index (κ3) is 2.56. The van der Waals surface area contributed by atoms with E-state index in [4.69, 9.17) is 27.9 Å². The van der Waals surface area contributed by atoms with Crippen LogP contribution in [0.25, 0.3) is 0 Å². The van der Waals surface area contributed by atoms with Gasteiger partial charge in [0.25, 0.3) is 0 Å². The summed E-state index contributed by atoms with van der Waals surface area (Å²) in [7, 11) is 0. The smallest absolute Gasteiger partial charge is 0.163 e. The second-order valence-electron chi connectivity index (χ2n) is 4.54. The quantitative estimate of drug-likeness (QED) is 0.788. The van der Waals surface area contributed by atoms with E-state index >= 15 is 0 Å². The predicted octanol–water partition coefficient (Wildman–Crippen LogP) is 3.76. The number of halogens is 2. The van der Waals surface area contributed by atoms with Gasteiger partial charge in [-0.3, -0.25) is 0 Å². The maximum absolute atomic E-state index is 6.16. The molecule has 1 atom stereocenters. The van der Waals surface area contributed by atoms with Crippen LogP contribution >= 0.6 is 23.2 Å². The van der Waals surface area contributed by atoms with Gasteiger partial charge in [0.2, 0.25) is 0 Å². The maximum atomic E-state index is 6.16. The van der Waals surface area contributed by atoms with E-state index in [1.54, 1.807) is 0 Å². The first-order valence-electron chi connectivity index (χ1n) is 5.93. The number of hydrogen-bond donors (Lipinski definition) is 0. The Morgan fingerprint density at radius 3 is 2.41 bits per heavy atom. The lowest BCUT2D eigenvalue weighted by Gasteiger charge is -2.22. The molecule has 1 saturated heterocycles. The van der Waals surface area contributed by atoms with Crippen molar-refractivity contribution < 1.29 is 4.74 Å². The van der Waals surface area contributed by atoms with Gasteiger partial charge in [0.15, 0.2) is 5.82 Å². The Bertz CT molecular complexity index is 394. The maximum Gasteiger partial charge on any atom is 0.163 e. The lowest BCUT2D eigenvalue weighted by Crippen LogP contribution is -2.24. The van der Waals surface area contributed by atoms with Crippen LogP contribution in [-0.4, -0.2) is 16.6 Å². The lowest BCUT2D eigenvalue weighted by atomic mass is 10.0. The highest BCUT2D eigenvalue weighted by Crippen LogP contribution is 2.35. The molecule has 3 nitrogen and oxygen atoms in total. The molecule has 2 heterocycles. The molecule has 1 fully saturated rings. The van der Waals surface area contributed by atoms with Gasteiger partial charge < -0.3 is 4.74 Å². The Morgan fingerprint density at radius 2 is 1.94 bits per heavy atom. The van der Waals surface area contributed by atoms with Gasteiger partial charge in [-0.15, -0.1) is 0 Å². The number of nitrogens with zero attached hydrogens (tertiary/aromatic N) is 2. The Morgan fingerprint density at radius 1 is 1.29 bits per heavy atom. The van der Waals surface area contributed by atoms with Crippen LogP contribution in [-0.2, 0) is 16.8 Å². The topological polar surface area (TPSA) is 35.0 Å². The molecule has 94 valence electrons. The molecule has 0 spiro atoms. The van der Waals surface area contributed by atoms with E-state index in [0.29, 0.717) is 16.1 Å². The largest absolute Gasteiger partial charge is 0.367 e. The Hall–Kier alpha value is -0.380. The zero-order valence-corrected chi connectivity index (χ0v) is 11.6. The number of ether oxygens (including phenoxy) is 1. The molecule has 1 aromatic rings. The molecule has 17 heavy (non-hydrogen) atoms. The molecular formula is C12H16Cl2N2O. The summed E-state index contributed by atoms with van der Waals surface area (Å²) >= 11 is 12.3. The van der Waals surface area contributed by atoms with Gasteiger partial charge in [-0.25, -0.2) is 9.97 Å². The van der Waals surface area contributed by atoms with E-state index < -0.39 is 5.60 Å². The fourth-order valence-electron chi connectivity index (χ4n) is 2.08. The van der Waals surface area contributed by atoms with E-state index in [9.17, 15) is 0 Å². The van der Waals surface area contributed by atoms with E-state index in [0.717, 1.165) is 37.9 Å². The minimum atomic E-state index is -0.433. The second-order valence-corrected chi connectivity index (χ2v) is 5.26. The fourth-order valence-corrected chi connectivity index (χ4v) is 2.66. The Balaban J connectivity index is 2.38. The number of aromatic nitrogens is 2. The van der Waals surface area contributed by atoms with Crippen LogP contribution in [0.4, 0.5) is 0 Å². The van der Waals surface area contributed by atoms with Crippen LogP contribution in [0.15, 0.2) is 0 Å². The average molecular weight is 275 g/mol. The zero-order chi connectivity index (χ0) is 12.5. The minimum absolute atomic E-state index is 0.433. The summed E-state index contributed by atoms with van der Waals surface area (Å²) in [5, 5.41) is 0.914. The van der Waals surface area contributed by atoms with E-state index in [1.165, 1.54) is 0 Å². The molecule has 2 rings (SSSR count). The summed E-state index contributed by atoms with van der Waals surface area (Å²) in [6.07, 6.45) is 3.70. The van der Waals surface area contributed by atoms with Crippen LogP contribution < -0.4 is 0 Å². The predicted molar refractivity (Wildman–Crippen MR) is 68.6 cm³/mol. The SMILES string of the molecule is CCCc1c(Cl)nc(C2(C)CCCO2)nc1Cl. The molecule has 0 N–H and O–H groups in total. The van der Waals surface area contributed by atoms with Crippen LogP contribution in [0.2, 0.25) is 10.3 Å². The van der Waals surface area contributed by atoms with Crippen molar-refractivity contribution >= 4 is 23.2 Å². The summed E-state index contributed by atoms with van der Waals surface area (Å²) in [4.78, 5) is 8.70. The molecule has 1 aliphatic heterocycles. The van der Waals surface area contributed by atoms with Gasteiger partial charge in [0.05, 0.1) is 0 Å². The molecule has 0 aromatic carbocycles. The van der Waals surface area contributed by atoms with Crippen molar-refractivity contribution in [1.29, 1.82) is 0 Å². The monoisotopic (exact) mass is 274 g/mol. The average Bonchev–Trinajstić information content (AvgIpc) is 2.72. The Kier molecular flexibility index (Phi) is 3.91. The summed E-state index contributed by atoms with van der Waals surface area (Å²) in [5.41, 5.74) is 0.402. The molecule has 0 aliphatic carbocycles. The Labute approximate surface area is 112 Å². The summed E-state index contributed by atoms with van der Waals surface area (Å²) in [6, 6.07) is 0. The third-order valence-electron chi connectivity index (χ3n) is 3.10. The molecule has 0 saturated carbocycles. The molecule has 0 bridgehead atoms. The fraction of sp³-hybridized carbons (Fsp3) is 0.667. The second kappa shape index (κ2) is 5.09. The van der Waals surface area contributed by atoms with E-state index in [-0.39, 0.29) is 0 Å². The first-order valence-corrected chi connectivity index (χ1v) is 6.69. The molecule has 1 aromatic heterocycles. The van der Waals surface area contributed by atoms with Gasteiger partial charge in [0.1, 0.15) is 15.9 Å². The highest BCUT2D eigenvalue weighted by Gasteiger charge is 2.35. The van der Waals surface area contributed by atoms with Gasteiger partial charge in [0, 0.05) is 12.2 Å². The zero-order valence-electron chi connectivity index (χ0n) is 10.1. The third-order valence-corrected chi connectivity index (χ3v) is 3.72. The van der Waals surface area contributed by atoms with Crippen molar-refractivity contribution in [2.24, 2.45) is 0 Å². The molecule has 5 heteroatoms. The van der Waals surface area contributed by atoms with Crippen molar-refractivity contribution in [3.63, 3.8) is 0 Å². The van der Waals surface area contributed by atoms with Crippen LogP contribution in [0.5, 0.6) is 0 Å². The highest BCUT2D eigenvalue weighted by molar-refractivity contribution is 6.34. The molecular weight excluding hydrogens is 259 g/mol. The molecule has 1 unspecified atom stereocenters.